The second-order valence-electron chi connectivity index (χ2n) is 4.78. The van der Waals surface area contributed by atoms with Gasteiger partial charge in [-0.1, -0.05) is 6.92 Å². The molecular weight excluding hydrogens is 152 g/mol. The van der Waals surface area contributed by atoms with Crippen LogP contribution in [-0.4, -0.2) is 22.9 Å². The molecule has 3 aliphatic carbocycles. The average Bonchev–Trinajstić information content (AvgIpc) is 2.07. The maximum Gasteiger partial charge on any atom is 0.0599 e. The summed E-state index contributed by atoms with van der Waals surface area (Å²) in [4.78, 5) is 0. The molecule has 0 aromatic carbocycles. The van der Waals surface area contributed by atoms with E-state index in [-0.39, 0.29) is 18.1 Å². The minimum Gasteiger partial charge on any atom is -0.396 e. The third kappa shape index (κ3) is 1.01. The van der Waals surface area contributed by atoms with Gasteiger partial charge in [0.15, 0.2) is 0 Å². The molecule has 0 aliphatic heterocycles. The fourth-order valence-corrected chi connectivity index (χ4v) is 3.03. The fraction of sp³-hybridized carbons (Fsp3) is 1.00. The van der Waals surface area contributed by atoms with Gasteiger partial charge in [-0.2, -0.15) is 0 Å². The van der Waals surface area contributed by atoms with Crippen molar-refractivity contribution < 1.29 is 10.2 Å². The molecule has 4 atom stereocenters. The summed E-state index contributed by atoms with van der Waals surface area (Å²) in [7, 11) is 0. The van der Waals surface area contributed by atoms with Crippen molar-refractivity contribution in [3.05, 3.63) is 0 Å². The van der Waals surface area contributed by atoms with Crippen LogP contribution in [0.15, 0.2) is 0 Å². The third-order valence-electron chi connectivity index (χ3n) is 4.18. The molecule has 0 heterocycles. The van der Waals surface area contributed by atoms with Crippen LogP contribution in [0.3, 0.4) is 0 Å². The molecule has 3 rings (SSSR count). The zero-order valence-corrected chi connectivity index (χ0v) is 7.66. The molecular formula is C10H18O2. The lowest BCUT2D eigenvalue weighted by molar-refractivity contribution is -0.118. The van der Waals surface area contributed by atoms with Crippen LogP contribution in [0.25, 0.3) is 0 Å². The highest BCUT2D eigenvalue weighted by atomic mass is 16.3. The van der Waals surface area contributed by atoms with Crippen molar-refractivity contribution in [1.82, 2.24) is 0 Å². The molecule has 4 unspecified atom stereocenters. The van der Waals surface area contributed by atoms with Gasteiger partial charge >= 0.3 is 0 Å². The second-order valence-corrected chi connectivity index (χ2v) is 4.78. The first kappa shape index (κ1) is 8.52. The number of hydrogen-bond acceptors (Lipinski definition) is 2. The summed E-state index contributed by atoms with van der Waals surface area (Å²) in [6.45, 7) is 2.39. The van der Waals surface area contributed by atoms with E-state index >= 15 is 0 Å². The van der Waals surface area contributed by atoms with Crippen molar-refractivity contribution in [1.29, 1.82) is 0 Å². The van der Waals surface area contributed by atoms with E-state index in [0.717, 1.165) is 19.3 Å². The highest BCUT2D eigenvalue weighted by Crippen LogP contribution is 2.53. The van der Waals surface area contributed by atoms with Crippen molar-refractivity contribution in [3.63, 3.8) is 0 Å². The molecule has 2 N–H and O–H groups in total. The van der Waals surface area contributed by atoms with Gasteiger partial charge in [0, 0.05) is 6.61 Å². The van der Waals surface area contributed by atoms with Gasteiger partial charge in [0.1, 0.15) is 0 Å². The van der Waals surface area contributed by atoms with Gasteiger partial charge in [-0.3, -0.25) is 0 Å². The second kappa shape index (κ2) is 2.71. The first-order chi connectivity index (χ1) is 5.66. The first-order valence-corrected chi connectivity index (χ1v) is 4.95. The van der Waals surface area contributed by atoms with Crippen LogP contribution in [0.5, 0.6) is 0 Å². The zero-order chi connectivity index (χ0) is 8.77. The van der Waals surface area contributed by atoms with Crippen LogP contribution < -0.4 is 0 Å². The monoisotopic (exact) mass is 170 g/mol. The summed E-state index contributed by atoms with van der Waals surface area (Å²) in [6.07, 6.45) is 4.28. The van der Waals surface area contributed by atoms with Crippen molar-refractivity contribution in [3.8, 4) is 0 Å². The lowest BCUT2D eigenvalue weighted by atomic mass is 9.55. The molecule has 0 saturated heterocycles. The molecule has 2 heteroatoms. The fourth-order valence-electron chi connectivity index (χ4n) is 3.03. The van der Waals surface area contributed by atoms with Crippen molar-refractivity contribution in [2.45, 2.75) is 38.7 Å². The molecule has 3 aliphatic rings. The van der Waals surface area contributed by atoms with Gasteiger partial charge in [0.25, 0.3) is 0 Å². The molecule has 3 fully saturated rings. The number of aliphatic hydroxyl groups excluding tert-OH is 2. The molecule has 12 heavy (non-hydrogen) atoms. The summed E-state index contributed by atoms with van der Waals surface area (Å²) < 4.78 is 0. The van der Waals surface area contributed by atoms with E-state index in [2.05, 4.69) is 6.92 Å². The Bertz CT molecular complexity index is 181. The lowest BCUT2D eigenvalue weighted by Crippen LogP contribution is -2.51. The van der Waals surface area contributed by atoms with E-state index in [1.165, 1.54) is 6.42 Å². The predicted molar refractivity (Wildman–Crippen MR) is 46.6 cm³/mol. The Morgan fingerprint density at radius 1 is 1.42 bits per heavy atom. The van der Waals surface area contributed by atoms with Gasteiger partial charge in [-0.05, 0) is 42.9 Å². The minimum absolute atomic E-state index is 0.0174. The van der Waals surface area contributed by atoms with Gasteiger partial charge < -0.3 is 10.2 Å². The molecule has 0 amide bonds. The smallest absolute Gasteiger partial charge is 0.0599 e. The number of hydrogen-bond donors (Lipinski definition) is 2. The highest BCUT2D eigenvalue weighted by molar-refractivity contribution is 4.99. The minimum atomic E-state index is -0.165. The number of fused-ring (bicyclic) bond motifs is 3. The van der Waals surface area contributed by atoms with Crippen LogP contribution in [0.1, 0.15) is 32.6 Å². The molecule has 0 aromatic rings. The molecule has 0 aromatic heterocycles. The Labute approximate surface area is 73.6 Å². The molecule has 0 spiro atoms. The lowest BCUT2D eigenvalue weighted by Gasteiger charge is -2.53. The normalized spacial score (nSPS) is 52.8. The predicted octanol–water partition coefficient (Wildman–Crippen LogP) is 1.17. The molecule has 3 saturated carbocycles. The topological polar surface area (TPSA) is 40.5 Å². The highest BCUT2D eigenvalue weighted by Gasteiger charge is 2.49. The zero-order valence-electron chi connectivity index (χ0n) is 7.66. The summed E-state index contributed by atoms with van der Waals surface area (Å²) in [5.74, 6) is 1.03. The number of rotatable bonds is 1. The Balaban J connectivity index is 2.20. The van der Waals surface area contributed by atoms with Gasteiger partial charge in [0.05, 0.1) is 6.10 Å². The maximum atomic E-state index is 9.85. The SMILES string of the molecule is CC12CCC(CC1O)CC2CO. The summed E-state index contributed by atoms with van der Waals surface area (Å²) in [6, 6.07) is 0. The summed E-state index contributed by atoms with van der Waals surface area (Å²) in [5, 5.41) is 19.0. The Hall–Kier alpha value is -0.0800. The van der Waals surface area contributed by atoms with Gasteiger partial charge in [-0.25, -0.2) is 0 Å². The van der Waals surface area contributed by atoms with Crippen LogP contribution >= 0.6 is 0 Å². The molecule has 2 nitrogen and oxygen atoms in total. The average molecular weight is 170 g/mol. The van der Waals surface area contributed by atoms with E-state index in [4.69, 9.17) is 0 Å². The first-order valence-electron chi connectivity index (χ1n) is 4.95. The van der Waals surface area contributed by atoms with Crippen molar-refractivity contribution in [2.24, 2.45) is 17.3 Å². The van der Waals surface area contributed by atoms with Crippen LogP contribution in [0.2, 0.25) is 0 Å². The van der Waals surface area contributed by atoms with Crippen LogP contribution in [0, 0.1) is 17.3 Å². The van der Waals surface area contributed by atoms with Crippen molar-refractivity contribution >= 4 is 0 Å². The molecule has 0 radical (unpaired) electrons. The quantitative estimate of drug-likeness (QED) is 0.620. The van der Waals surface area contributed by atoms with Gasteiger partial charge in [-0.15, -0.1) is 0 Å². The maximum absolute atomic E-state index is 9.85. The standard InChI is InChI=1S/C10H18O2/c1-10-3-2-7(5-9(10)12)4-8(10)6-11/h7-9,11-12H,2-6H2,1H3. The molecule has 2 bridgehead atoms. The van der Waals surface area contributed by atoms with Crippen molar-refractivity contribution in [2.75, 3.05) is 6.61 Å². The van der Waals surface area contributed by atoms with Crippen LogP contribution in [0.4, 0.5) is 0 Å². The largest absolute Gasteiger partial charge is 0.396 e. The van der Waals surface area contributed by atoms with E-state index in [1.54, 1.807) is 0 Å². The Kier molecular flexibility index (Phi) is 1.92. The van der Waals surface area contributed by atoms with Gasteiger partial charge in [0.2, 0.25) is 0 Å². The van der Waals surface area contributed by atoms with E-state index in [9.17, 15) is 10.2 Å². The number of aliphatic hydroxyl groups is 2. The molecule has 70 valence electrons. The summed E-state index contributed by atoms with van der Waals surface area (Å²) in [5.41, 5.74) is 0.0174. The van der Waals surface area contributed by atoms with E-state index in [0.29, 0.717) is 11.8 Å². The third-order valence-corrected chi connectivity index (χ3v) is 4.18. The van der Waals surface area contributed by atoms with Crippen LogP contribution in [-0.2, 0) is 0 Å². The Morgan fingerprint density at radius 2 is 2.17 bits per heavy atom. The summed E-state index contributed by atoms with van der Waals surface area (Å²) >= 11 is 0. The van der Waals surface area contributed by atoms with E-state index < -0.39 is 0 Å². The van der Waals surface area contributed by atoms with E-state index in [1.807, 2.05) is 0 Å². The Morgan fingerprint density at radius 3 is 2.67 bits per heavy atom.